The van der Waals surface area contributed by atoms with Crippen LogP contribution in [0.15, 0.2) is 18.2 Å². The van der Waals surface area contributed by atoms with Gasteiger partial charge in [-0.25, -0.2) is 8.42 Å². The second-order valence-corrected chi connectivity index (χ2v) is 6.82. The Morgan fingerprint density at radius 1 is 1.19 bits per heavy atom. The zero-order valence-corrected chi connectivity index (χ0v) is 13.3. The second-order valence-electron chi connectivity index (χ2n) is 5.07. The second kappa shape index (κ2) is 7.00. The minimum atomic E-state index is -3.30. The molecule has 1 aliphatic rings. The summed E-state index contributed by atoms with van der Waals surface area (Å²) < 4.78 is 36.4. The molecule has 1 aliphatic heterocycles. The molecule has 0 aliphatic carbocycles. The van der Waals surface area contributed by atoms with Gasteiger partial charge in [0.1, 0.15) is 13.2 Å². The van der Waals surface area contributed by atoms with Crippen LogP contribution in [0.4, 0.5) is 5.69 Å². The summed E-state index contributed by atoms with van der Waals surface area (Å²) in [6.07, 6.45) is 2.21. The lowest BCUT2D eigenvalue weighted by Crippen LogP contribution is -2.32. The lowest BCUT2D eigenvalue weighted by atomic mass is 10.3. The molecule has 1 heterocycles. The van der Waals surface area contributed by atoms with Crippen molar-refractivity contribution in [1.82, 2.24) is 4.90 Å². The van der Waals surface area contributed by atoms with Gasteiger partial charge in [-0.15, -0.1) is 0 Å². The first-order valence-electron chi connectivity index (χ1n) is 7.08. The average molecular weight is 314 g/mol. The fraction of sp³-hybridized carbons (Fsp3) is 0.571. The van der Waals surface area contributed by atoms with Gasteiger partial charge >= 0.3 is 0 Å². The topological polar surface area (TPSA) is 67.9 Å². The minimum Gasteiger partial charge on any atom is -0.488 e. The summed E-state index contributed by atoms with van der Waals surface area (Å²) in [5.41, 5.74) is 0.476. The molecule has 0 aromatic heterocycles. The Kier molecular flexibility index (Phi) is 5.30. The van der Waals surface area contributed by atoms with Gasteiger partial charge in [0.2, 0.25) is 10.0 Å². The molecular weight excluding hydrogens is 292 g/mol. The summed E-state index contributed by atoms with van der Waals surface area (Å²) in [5, 5.41) is 0. The van der Waals surface area contributed by atoms with E-state index in [1.807, 2.05) is 0 Å². The molecule has 7 heteroatoms. The van der Waals surface area contributed by atoms with Gasteiger partial charge in [0, 0.05) is 19.2 Å². The van der Waals surface area contributed by atoms with Crippen molar-refractivity contribution < 1.29 is 17.9 Å². The van der Waals surface area contributed by atoms with Crippen LogP contribution in [0.3, 0.4) is 0 Å². The van der Waals surface area contributed by atoms with Crippen LogP contribution in [0.25, 0.3) is 0 Å². The molecule has 0 bridgehead atoms. The summed E-state index contributed by atoms with van der Waals surface area (Å²) in [6.45, 7) is 6.00. The molecule has 1 aromatic rings. The van der Waals surface area contributed by atoms with Gasteiger partial charge in [0.25, 0.3) is 0 Å². The van der Waals surface area contributed by atoms with E-state index in [0.717, 1.165) is 32.3 Å². The number of benzene rings is 1. The largest absolute Gasteiger partial charge is 0.488 e. The normalized spacial score (nSPS) is 16.7. The van der Waals surface area contributed by atoms with Gasteiger partial charge in [-0.3, -0.25) is 9.62 Å². The lowest BCUT2D eigenvalue weighted by Gasteiger charge is -2.19. The van der Waals surface area contributed by atoms with E-state index in [4.69, 9.17) is 9.47 Å². The Morgan fingerprint density at radius 3 is 2.48 bits per heavy atom. The molecular formula is C14H22N2O4S. The van der Waals surface area contributed by atoms with Gasteiger partial charge in [0.05, 0.1) is 11.9 Å². The van der Waals surface area contributed by atoms with Crippen molar-refractivity contribution in [3.63, 3.8) is 0 Å². The molecule has 0 spiro atoms. The molecule has 21 heavy (non-hydrogen) atoms. The van der Waals surface area contributed by atoms with Crippen molar-refractivity contribution in [1.29, 1.82) is 0 Å². The van der Waals surface area contributed by atoms with Crippen LogP contribution in [0.2, 0.25) is 0 Å². The van der Waals surface area contributed by atoms with E-state index in [1.54, 1.807) is 18.2 Å². The summed E-state index contributed by atoms with van der Waals surface area (Å²) in [7, 11) is -3.30. The molecule has 0 saturated carbocycles. The maximum Gasteiger partial charge on any atom is 0.229 e. The monoisotopic (exact) mass is 314 g/mol. The van der Waals surface area contributed by atoms with Crippen LogP contribution < -0.4 is 14.2 Å². The van der Waals surface area contributed by atoms with E-state index in [2.05, 4.69) is 16.5 Å². The van der Waals surface area contributed by atoms with Gasteiger partial charge in [-0.1, -0.05) is 6.92 Å². The highest BCUT2D eigenvalue weighted by atomic mass is 32.2. The quantitative estimate of drug-likeness (QED) is 0.913. The van der Waals surface area contributed by atoms with E-state index in [-0.39, 0.29) is 0 Å². The number of sulfonamides is 1. The van der Waals surface area contributed by atoms with E-state index in [9.17, 15) is 8.42 Å². The summed E-state index contributed by atoms with van der Waals surface area (Å²) >= 11 is 0. The Bertz CT molecular complexity index is 574. The first-order chi connectivity index (χ1) is 9.98. The van der Waals surface area contributed by atoms with Crippen LogP contribution in [0.5, 0.6) is 11.5 Å². The maximum atomic E-state index is 11.3. The zero-order valence-electron chi connectivity index (χ0n) is 12.5. The first kappa shape index (κ1) is 15.9. The highest BCUT2D eigenvalue weighted by Gasteiger charge is 2.13. The summed E-state index contributed by atoms with van der Waals surface area (Å²) in [4.78, 5) is 2.29. The molecule has 1 N–H and O–H groups in total. The van der Waals surface area contributed by atoms with Crippen LogP contribution in [-0.2, 0) is 10.0 Å². The van der Waals surface area contributed by atoms with Crippen molar-refractivity contribution in [3.8, 4) is 11.5 Å². The third-order valence-corrected chi connectivity index (χ3v) is 3.72. The third-order valence-electron chi connectivity index (χ3n) is 3.12. The fourth-order valence-corrected chi connectivity index (χ4v) is 2.79. The molecule has 6 nitrogen and oxygen atoms in total. The summed E-state index contributed by atoms with van der Waals surface area (Å²) in [5.74, 6) is 1.22. The average Bonchev–Trinajstić information content (AvgIpc) is 2.47. The molecule has 0 radical (unpaired) electrons. The predicted octanol–water partition coefficient (Wildman–Crippen LogP) is 1.54. The molecule has 0 amide bonds. The van der Waals surface area contributed by atoms with Gasteiger partial charge in [-0.05, 0) is 25.1 Å². The minimum absolute atomic E-state index is 0.476. The van der Waals surface area contributed by atoms with Crippen molar-refractivity contribution >= 4 is 15.7 Å². The van der Waals surface area contributed by atoms with Crippen molar-refractivity contribution in [2.24, 2.45) is 0 Å². The van der Waals surface area contributed by atoms with E-state index >= 15 is 0 Å². The van der Waals surface area contributed by atoms with Gasteiger partial charge < -0.3 is 9.47 Å². The van der Waals surface area contributed by atoms with E-state index in [0.29, 0.717) is 30.4 Å². The third kappa shape index (κ3) is 5.09. The molecule has 0 saturated heterocycles. The number of nitrogens with one attached hydrogen (secondary N) is 1. The predicted molar refractivity (Wildman–Crippen MR) is 82.6 cm³/mol. The molecule has 0 fully saturated rings. The molecule has 118 valence electrons. The lowest BCUT2D eigenvalue weighted by molar-refractivity contribution is 0.197. The molecule has 1 aromatic carbocycles. The molecule has 0 atom stereocenters. The number of rotatable bonds is 4. The van der Waals surface area contributed by atoms with Crippen LogP contribution in [0.1, 0.15) is 13.3 Å². The Labute approximate surface area is 126 Å². The Morgan fingerprint density at radius 2 is 1.86 bits per heavy atom. The van der Waals surface area contributed by atoms with E-state index < -0.39 is 10.0 Å². The number of hydrogen-bond donors (Lipinski definition) is 1. The Balaban J connectivity index is 2.11. The first-order valence-corrected chi connectivity index (χ1v) is 8.97. The fourth-order valence-electron chi connectivity index (χ4n) is 2.24. The highest BCUT2D eigenvalue weighted by Crippen LogP contribution is 2.31. The smallest absolute Gasteiger partial charge is 0.229 e. The number of ether oxygens (including phenoxy) is 2. The van der Waals surface area contributed by atoms with Crippen molar-refractivity contribution in [2.75, 3.05) is 43.8 Å². The Hall–Kier alpha value is -1.47. The van der Waals surface area contributed by atoms with Crippen LogP contribution in [-0.4, -0.2) is 52.4 Å². The SMILES string of the molecule is CCCN1CCOc2ccc(NS(C)(=O)=O)cc2OCC1. The van der Waals surface area contributed by atoms with Crippen LogP contribution in [0, 0.1) is 0 Å². The number of fused-ring (bicyclic) bond motifs is 1. The molecule has 0 unspecified atom stereocenters. The van der Waals surface area contributed by atoms with Gasteiger partial charge in [-0.2, -0.15) is 0 Å². The summed E-state index contributed by atoms with van der Waals surface area (Å²) in [6, 6.07) is 5.06. The van der Waals surface area contributed by atoms with E-state index in [1.165, 1.54) is 0 Å². The van der Waals surface area contributed by atoms with Crippen molar-refractivity contribution in [2.45, 2.75) is 13.3 Å². The number of nitrogens with zero attached hydrogens (tertiary/aromatic N) is 1. The maximum absolute atomic E-state index is 11.3. The number of hydrogen-bond acceptors (Lipinski definition) is 5. The number of anilines is 1. The zero-order chi connectivity index (χ0) is 15.3. The van der Waals surface area contributed by atoms with Crippen LogP contribution >= 0.6 is 0 Å². The standard InChI is InChI=1S/C14H22N2O4S/c1-3-6-16-7-9-19-13-5-4-12(15-21(2,17)18)11-14(13)20-10-8-16/h4-5,11,15H,3,6-10H2,1-2H3. The highest BCUT2D eigenvalue weighted by molar-refractivity contribution is 7.92. The van der Waals surface area contributed by atoms with Crippen molar-refractivity contribution in [3.05, 3.63) is 18.2 Å². The molecule has 2 rings (SSSR count). The van der Waals surface area contributed by atoms with Gasteiger partial charge in [0.15, 0.2) is 11.5 Å².